The summed E-state index contributed by atoms with van der Waals surface area (Å²) in [5.41, 5.74) is 1.18. The SMILES string of the molecule is CN=C(NCCS(C)(=O)=O)NCc1ccsc1.I. The van der Waals surface area contributed by atoms with E-state index in [0.717, 1.165) is 0 Å². The molecule has 104 valence electrons. The molecule has 0 amide bonds. The third-order valence-electron chi connectivity index (χ3n) is 2.03. The van der Waals surface area contributed by atoms with Crippen molar-refractivity contribution in [2.45, 2.75) is 6.54 Å². The van der Waals surface area contributed by atoms with Crippen LogP contribution in [0.15, 0.2) is 21.8 Å². The van der Waals surface area contributed by atoms with Gasteiger partial charge in [-0.05, 0) is 22.4 Å². The van der Waals surface area contributed by atoms with Crippen LogP contribution in [0.4, 0.5) is 0 Å². The molecule has 1 aromatic rings. The fourth-order valence-electron chi connectivity index (χ4n) is 1.15. The summed E-state index contributed by atoms with van der Waals surface area (Å²) in [6, 6.07) is 2.03. The molecule has 1 rings (SSSR count). The molecule has 0 saturated carbocycles. The van der Waals surface area contributed by atoms with Gasteiger partial charge in [0.15, 0.2) is 5.96 Å². The predicted octanol–water partition coefficient (Wildman–Crippen LogP) is 1.08. The lowest BCUT2D eigenvalue weighted by atomic mass is 10.3. The number of sulfone groups is 1. The van der Waals surface area contributed by atoms with Gasteiger partial charge in [0.1, 0.15) is 9.84 Å². The van der Waals surface area contributed by atoms with Crippen LogP contribution in [0.1, 0.15) is 5.56 Å². The van der Waals surface area contributed by atoms with Gasteiger partial charge in [-0.15, -0.1) is 24.0 Å². The normalized spacial score (nSPS) is 11.8. The van der Waals surface area contributed by atoms with Gasteiger partial charge in [-0.2, -0.15) is 11.3 Å². The molecule has 8 heteroatoms. The Hall–Kier alpha value is -0.350. The number of hydrogen-bond acceptors (Lipinski definition) is 4. The summed E-state index contributed by atoms with van der Waals surface area (Å²) >= 11 is 1.64. The van der Waals surface area contributed by atoms with Crippen molar-refractivity contribution in [3.8, 4) is 0 Å². The van der Waals surface area contributed by atoms with Crippen molar-refractivity contribution < 1.29 is 8.42 Å². The molecule has 0 fully saturated rings. The summed E-state index contributed by atoms with van der Waals surface area (Å²) < 4.78 is 21.9. The van der Waals surface area contributed by atoms with Crippen LogP contribution in [0, 0.1) is 0 Å². The lowest BCUT2D eigenvalue weighted by Crippen LogP contribution is -2.39. The van der Waals surface area contributed by atoms with E-state index in [1.165, 1.54) is 11.8 Å². The van der Waals surface area contributed by atoms with Crippen LogP contribution in [-0.2, 0) is 16.4 Å². The van der Waals surface area contributed by atoms with Crippen LogP contribution >= 0.6 is 35.3 Å². The van der Waals surface area contributed by atoms with Crippen molar-refractivity contribution in [1.82, 2.24) is 10.6 Å². The van der Waals surface area contributed by atoms with Crippen molar-refractivity contribution in [2.24, 2.45) is 4.99 Å². The summed E-state index contributed by atoms with van der Waals surface area (Å²) in [4.78, 5) is 4.01. The first-order chi connectivity index (χ1) is 8.01. The number of guanidine groups is 1. The molecule has 18 heavy (non-hydrogen) atoms. The Kier molecular flexibility index (Phi) is 8.53. The molecule has 0 spiro atoms. The highest BCUT2D eigenvalue weighted by Crippen LogP contribution is 2.04. The number of thiophene rings is 1. The lowest BCUT2D eigenvalue weighted by molar-refractivity contribution is 0.600. The highest BCUT2D eigenvalue weighted by molar-refractivity contribution is 14.0. The quantitative estimate of drug-likeness (QED) is 0.439. The van der Waals surface area contributed by atoms with E-state index in [0.29, 0.717) is 19.0 Å². The first-order valence-electron chi connectivity index (χ1n) is 5.14. The minimum Gasteiger partial charge on any atom is -0.355 e. The summed E-state index contributed by atoms with van der Waals surface area (Å²) in [7, 11) is -1.27. The minimum absolute atomic E-state index is 0. The maximum absolute atomic E-state index is 10.9. The minimum atomic E-state index is -2.93. The van der Waals surface area contributed by atoms with Crippen LogP contribution in [0.2, 0.25) is 0 Å². The van der Waals surface area contributed by atoms with E-state index in [9.17, 15) is 8.42 Å². The van der Waals surface area contributed by atoms with Gasteiger partial charge in [-0.25, -0.2) is 8.42 Å². The van der Waals surface area contributed by atoms with E-state index in [-0.39, 0.29) is 29.7 Å². The number of nitrogens with zero attached hydrogens (tertiary/aromatic N) is 1. The molecular formula is C10H18IN3O2S2. The van der Waals surface area contributed by atoms with Crippen molar-refractivity contribution in [3.05, 3.63) is 22.4 Å². The second-order valence-electron chi connectivity index (χ2n) is 3.61. The van der Waals surface area contributed by atoms with Gasteiger partial charge in [0, 0.05) is 26.4 Å². The number of aliphatic imine (C=N–C) groups is 1. The van der Waals surface area contributed by atoms with Crippen LogP contribution in [0.3, 0.4) is 0 Å². The van der Waals surface area contributed by atoms with Crippen LogP contribution in [-0.4, -0.2) is 40.0 Å². The number of halogens is 1. The summed E-state index contributed by atoms with van der Waals surface area (Å²) in [5, 5.41) is 10.1. The Bertz CT molecular complexity index is 457. The van der Waals surface area contributed by atoms with Gasteiger partial charge in [0.25, 0.3) is 0 Å². The highest BCUT2D eigenvalue weighted by Gasteiger charge is 2.03. The number of hydrogen-bond donors (Lipinski definition) is 2. The summed E-state index contributed by atoms with van der Waals surface area (Å²) in [5.74, 6) is 0.714. The van der Waals surface area contributed by atoms with E-state index in [4.69, 9.17) is 0 Å². The molecule has 0 bridgehead atoms. The Morgan fingerprint density at radius 2 is 2.17 bits per heavy atom. The van der Waals surface area contributed by atoms with E-state index < -0.39 is 9.84 Å². The van der Waals surface area contributed by atoms with Gasteiger partial charge in [0.2, 0.25) is 0 Å². The van der Waals surface area contributed by atoms with E-state index >= 15 is 0 Å². The second-order valence-corrected chi connectivity index (χ2v) is 6.65. The van der Waals surface area contributed by atoms with Gasteiger partial charge in [-0.3, -0.25) is 4.99 Å². The fourth-order valence-corrected chi connectivity index (χ4v) is 2.30. The van der Waals surface area contributed by atoms with Crippen LogP contribution < -0.4 is 10.6 Å². The zero-order chi connectivity index (χ0) is 12.7. The van der Waals surface area contributed by atoms with Gasteiger partial charge in [0.05, 0.1) is 5.75 Å². The third kappa shape index (κ3) is 7.88. The molecule has 0 aliphatic carbocycles. The van der Waals surface area contributed by atoms with Crippen molar-refractivity contribution in [2.75, 3.05) is 25.6 Å². The number of rotatable bonds is 5. The third-order valence-corrected chi connectivity index (χ3v) is 3.71. The molecule has 0 aliphatic heterocycles. The zero-order valence-electron chi connectivity index (χ0n) is 10.3. The van der Waals surface area contributed by atoms with E-state index in [1.54, 1.807) is 18.4 Å². The van der Waals surface area contributed by atoms with Crippen LogP contribution in [0.5, 0.6) is 0 Å². The average Bonchev–Trinajstić information content (AvgIpc) is 2.74. The smallest absolute Gasteiger partial charge is 0.191 e. The van der Waals surface area contributed by atoms with E-state index in [2.05, 4.69) is 21.0 Å². The topological polar surface area (TPSA) is 70.6 Å². The Morgan fingerprint density at radius 3 is 2.67 bits per heavy atom. The van der Waals surface area contributed by atoms with Gasteiger partial charge in [-0.1, -0.05) is 0 Å². The second kappa shape index (κ2) is 8.70. The molecule has 0 aliphatic rings. The van der Waals surface area contributed by atoms with Gasteiger partial charge >= 0.3 is 0 Å². The maximum atomic E-state index is 10.9. The van der Waals surface area contributed by atoms with Crippen molar-refractivity contribution in [1.29, 1.82) is 0 Å². The fraction of sp³-hybridized carbons (Fsp3) is 0.500. The monoisotopic (exact) mass is 403 g/mol. The molecule has 1 heterocycles. The lowest BCUT2D eigenvalue weighted by Gasteiger charge is -2.10. The largest absolute Gasteiger partial charge is 0.355 e. The molecule has 0 unspecified atom stereocenters. The van der Waals surface area contributed by atoms with Crippen molar-refractivity contribution >= 4 is 51.1 Å². The average molecular weight is 403 g/mol. The molecular weight excluding hydrogens is 385 g/mol. The molecule has 0 atom stereocenters. The number of nitrogens with one attached hydrogen (secondary N) is 2. The first kappa shape index (κ1) is 17.6. The first-order valence-corrected chi connectivity index (χ1v) is 8.15. The molecule has 5 nitrogen and oxygen atoms in total. The zero-order valence-corrected chi connectivity index (χ0v) is 14.3. The Balaban J connectivity index is 0.00000289. The predicted molar refractivity (Wildman–Crippen MR) is 87.6 cm³/mol. The van der Waals surface area contributed by atoms with Crippen LogP contribution in [0.25, 0.3) is 0 Å². The molecule has 1 aromatic heterocycles. The molecule has 0 saturated heterocycles. The van der Waals surface area contributed by atoms with E-state index in [1.807, 2.05) is 11.4 Å². The molecule has 0 aromatic carbocycles. The molecule has 2 N–H and O–H groups in total. The Labute approximate surface area is 129 Å². The summed E-state index contributed by atoms with van der Waals surface area (Å²) in [6.07, 6.45) is 1.22. The maximum Gasteiger partial charge on any atom is 0.191 e. The highest BCUT2D eigenvalue weighted by atomic mass is 127. The molecule has 0 radical (unpaired) electrons. The summed E-state index contributed by atoms with van der Waals surface area (Å²) in [6.45, 7) is 1.05. The van der Waals surface area contributed by atoms with Gasteiger partial charge < -0.3 is 10.6 Å². The Morgan fingerprint density at radius 1 is 1.44 bits per heavy atom. The van der Waals surface area contributed by atoms with Crippen molar-refractivity contribution in [3.63, 3.8) is 0 Å². The standard InChI is InChI=1S/C10H17N3O2S2.HI/c1-11-10(12-4-6-17(2,14)15)13-7-9-3-5-16-8-9;/h3,5,8H,4,6-7H2,1-2H3,(H2,11,12,13);1H.